The monoisotopic (exact) mass is 466 g/mol. The van der Waals surface area contributed by atoms with E-state index >= 15 is 0 Å². The maximum atomic E-state index is 13.5. The molecule has 3 aromatic carbocycles. The van der Waals surface area contributed by atoms with Crippen LogP contribution in [0.3, 0.4) is 0 Å². The van der Waals surface area contributed by atoms with Crippen LogP contribution in [0.5, 0.6) is 0 Å². The molecule has 1 atom stereocenters. The van der Waals surface area contributed by atoms with Crippen LogP contribution in [-0.4, -0.2) is 20.2 Å². The Morgan fingerprint density at radius 3 is 2.43 bits per heavy atom. The first-order valence-electron chi connectivity index (χ1n) is 10.1. The molecule has 0 fully saturated rings. The third kappa shape index (κ3) is 3.67. The first-order chi connectivity index (χ1) is 14.5. The van der Waals surface area contributed by atoms with Crippen LogP contribution in [0.1, 0.15) is 37.8 Å². The molecule has 30 heavy (non-hydrogen) atoms. The summed E-state index contributed by atoms with van der Waals surface area (Å²) in [5, 5.41) is 11.6. The summed E-state index contributed by atoms with van der Waals surface area (Å²) in [6, 6.07) is 19.4. The number of rotatable bonds is 7. The lowest BCUT2D eigenvalue weighted by molar-refractivity contribution is -0.137. The van der Waals surface area contributed by atoms with Crippen molar-refractivity contribution in [3.63, 3.8) is 0 Å². The first kappa shape index (κ1) is 20.4. The maximum absolute atomic E-state index is 13.5. The second kappa shape index (κ2) is 8.48. The Bertz CT molecular complexity index is 1280. The Morgan fingerprint density at radius 1 is 1.03 bits per heavy atom. The zero-order chi connectivity index (χ0) is 21.3. The van der Waals surface area contributed by atoms with Gasteiger partial charge in [0.25, 0.3) is 0 Å². The number of hydrogen-bond donors (Lipinski definition) is 1. The highest BCUT2D eigenvalue weighted by Crippen LogP contribution is 2.29. The van der Waals surface area contributed by atoms with Gasteiger partial charge >= 0.3 is 11.7 Å². The van der Waals surface area contributed by atoms with Crippen molar-refractivity contribution in [2.45, 2.75) is 38.8 Å². The van der Waals surface area contributed by atoms with Crippen LogP contribution in [0.4, 0.5) is 0 Å². The summed E-state index contributed by atoms with van der Waals surface area (Å²) >= 11 is 3.65. The van der Waals surface area contributed by atoms with E-state index in [0.717, 1.165) is 38.3 Å². The fraction of sp³-hybridized carbons (Fsp3) is 0.250. The molecule has 0 aliphatic rings. The van der Waals surface area contributed by atoms with Gasteiger partial charge in [-0.15, -0.1) is 0 Å². The van der Waals surface area contributed by atoms with Gasteiger partial charge in [0, 0.05) is 15.9 Å². The van der Waals surface area contributed by atoms with E-state index in [-0.39, 0.29) is 18.2 Å². The topological polar surface area (TPSA) is 64.2 Å². The summed E-state index contributed by atoms with van der Waals surface area (Å²) in [6.07, 6.45) is 1.38. The second-order valence-electron chi connectivity index (χ2n) is 7.52. The van der Waals surface area contributed by atoms with Crippen LogP contribution >= 0.6 is 15.9 Å². The van der Waals surface area contributed by atoms with Crippen LogP contribution in [0.2, 0.25) is 0 Å². The fourth-order valence-corrected chi connectivity index (χ4v) is 4.90. The van der Waals surface area contributed by atoms with Crippen LogP contribution in [-0.2, 0) is 11.3 Å². The summed E-state index contributed by atoms with van der Waals surface area (Å²) in [5.41, 5.74) is 2.47. The van der Waals surface area contributed by atoms with Gasteiger partial charge in [0.15, 0.2) is 0 Å². The molecule has 4 aromatic rings. The van der Waals surface area contributed by atoms with Gasteiger partial charge < -0.3 is 5.11 Å². The van der Waals surface area contributed by atoms with Gasteiger partial charge in [0.2, 0.25) is 0 Å². The Kier molecular flexibility index (Phi) is 5.77. The number of halogens is 1. The Hall–Kier alpha value is -2.86. The molecule has 0 saturated carbocycles. The van der Waals surface area contributed by atoms with E-state index in [1.54, 1.807) is 9.13 Å². The maximum Gasteiger partial charge on any atom is 0.329 e. The van der Waals surface area contributed by atoms with Crippen LogP contribution in [0.25, 0.3) is 21.8 Å². The number of benzene rings is 3. The minimum Gasteiger partial charge on any atom is -0.481 e. The van der Waals surface area contributed by atoms with Gasteiger partial charge in [-0.05, 0) is 35.6 Å². The van der Waals surface area contributed by atoms with E-state index in [1.165, 1.54) is 0 Å². The molecular formula is C24H23BrN2O3. The van der Waals surface area contributed by atoms with Crippen molar-refractivity contribution in [2.75, 3.05) is 0 Å². The molecule has 0 spiro atoms. The SMILES string of the molecule is CCCC(CC(=O)O)n1c(=O)n(Cc2cccc3cccc(Br)c23)c2ccccc21. The van der Waals surface area contributed by atoms with E-state index < -0.39 is 5.97 Å². The van der Waals surface area contributed by atoms with Crippen molar-refractivity contribution in [1.29, 1.82) is 0 Å². The largest absolute Gasteiger partial charge is 0.481 e. The minimum atomic E-state index is -0.893. The molecular weight excluding hydrogens is 444 g/mol. The Labute approximate surface area is 182 Å². The summed E-state index contributed by atoms with van der Waals surface area (Å²) in [4.78, 5) is 25.0. The molecule has 0 aliphatic heterocycles. The van der Waals surface area contributed by atoms with Gasteiger partial charge in [-0.2, -0.15) is 0 Å². The van der Waals surface area contributed by atoms with Gasteiger partial charge in [0.05, 0.1) is 24.0 Å². The number of aromatic nitrogens is 2. The number of carbonyl (C=O) groups is 1. The zero-order valence-corrected chi connectivity index (χ0v) is 18.3. The molecule has 0 bridgehead atoms. The average Bonchev–Trinajstić information content (AvgIpc) is 2.99. The molecule has 6 heteroatoms. The molecule has 4 rings (SSSR count). The number of carboxylic acid groups (broad SMARTS) is 1. The molecule has 0 saturated heterocycles. The predicted octanol–water partition coefficient (Wildman–Crippen LogP) is 5.58. The average molecular weight is 467 g/mol. The second-order valence-corrected chi connectivity index (χ2v) is 8.38. The van der Waals surface area contributed by atoms with Crippen LogP contribution in [0, 0.1) is 0 Å². The highest BCUT2D eigenvalue weighted by atomic mass is 79.9. The highest BCUT2D eigenvalue weighted by Gasteiger charge is 2.22. The molecule has 1 unspecified atom stereocenters. The van der Waals surface area contributed by atoms with Crippen molar-refractivity contribution in [3.05, 3.63) is 81.2 Å². The van der Waals surface area contributed by atoms with Crippen LogP contribution in [0.15, 0.2) is 69.9 Å². The van der Waals surface area contributed by atoms with Gasteiger partial charge in [-0.25, -0.2) is 4.79 Å². The number of hydrogen-bond acceptors (Lipinski definition) is 2. The fourth-order valence-electron chi connectivity index (χ4n) is 4.27. The van der Waals surface area contributed by atoms with E-state index in [4.69, 9.17) is 0 Å². The van der Waals surface area contributed by atoms with Gasteiger partial charge in [-0.3, -0.25) is 13.9 Å². The number of imidazole rings is 1. The molecule has 1 heterocycles. The number of nitrogens with zero attached hydrogens (tertiary/aromatic N) is 2. The summed E-state index contributed by atoms with van der Waals surface area (Å²) in [6.45, 7) is 2.42. The van der Waals surface area contributed by atoms with Gasteiger partial charge in [-0.1, -0.05) is 71.7 Å². The smallest absolute Gasteiger partial charge is 0.329 e. The van der Waals surface area contributed by atoms with Crippen molar-refractivity contribution in [1.82, 2.24) is 9.13 Å². The molecule has 5 nitrogen and oxygen atoms in total. The third-order valence-corrected chi connectivity index (χ3v) is 6.20. The van der Waals surface area contributed by atoms with Crippen LogP contribution < -0.4 is 5.69 Å². The van der Waals surface area contributed by atoms with Crippen molar-refractivity contribution in [3.8, 4) is 0 Å². The van der Waals surface area contributed by atoms with E-state index in [2.05, 4.69) is 28.1 Å². The lowest BCUT2D eigenvalue weighted by atomic mass is 10.0. The quantitative estimate of drug-likeness (QED) is 0.386. The molecule has 154 valence electrons. The summed E-state index contributed by atoms with van der Waals surface area (Å²) in [5.74, 6) is -0.893. The lowest BCUT2D eigenvalue weighted by Gasteiger charge is -2.16. The highest BCUT2D eigenvalue weighted by molar-refractivity contribution is 9.10. The van der Waals surface area contributed by atoms with Crippen molar-refractivity contribution >= 4 is 43.7 Å². The van der Waals surface area contributed by atoms with Gasteiger partial charge in [0.1, 0.15) is 0 Å². The lowest BCUT2D eigenvalue weighted by Crippen LogP contribution is -2.29. The van der Waals surface area contributed by atoms with E-state index in [1.807, 2.05) is 55.5 Å². The third-order valence-electron chi connectivity index (χ3n) is 5.53. The van der Waals surface area contributed by atoms with E-state index in [0.29, 0.717) is 13.0 Å². The summed E-state index contributed by atoms with van der Waals surface area (Å²) in [7, 11) is 0. The molecule has 0 radical (unpaired) electrons. The predicted molar refractivity (Wildman–Crippen MR) is 123 cm³/mol. The minimum absolute atomic E-state index is 0.0679. The molecule has 0 aliphatic carbocycles. The van der Waals surface area contributed by atoms with Crippen molar-refractivity contribution < 1.29 is 9.90 Å². The number of carboxylic acids is 1. The normalized spacial score (nSPS) is 12.5. The van der Waals surface area contributed by atoms with E-state index in [9.17, 15) is 14.7 Å². The first-order valence-corrected chi connectivity index (χ1v) is 10.9. The standard InChI is InChI=1S/C24H23BrN2O3/c1-2-7-18(14-22(28)29)27-21-13-4-3-12-20(21)26(24(27)30)15-17-10-5-8-16-9-6-11-19(25)23(16)17/h3-6,8-13,18H,2,7,14-15H2,1H3,(H,28,29). The van der Waals surface area contributed by atoms with Crippen molar-refractivity contribution in [2.24, 2.45) is 0 Å². The molecule has 1 N–H and O–H groups in total. The number of aliphatic carboxylic acids is 1. The molecule has 0 amide bonds. The molecule has 1 aromatic heterocycles. The summed E-state index contributed by atoms with van der Waals surface area (Å²) < 4.78 is 4.42. The number of fused-ring (bicyclic) bond motifs is 2. The Morgan fingerprint density at radius 2 is 1.73 bits per heavy atom. The zero-order valence-electron chi connectivity index (χ0n) is 16.7. The Balaban J connectivity index is 1.90. The number of para-hydroxylation sites is 2.